The summed E-state index contributed by atoms with van der Waals surface area (Å²) in [6.45, 7) is 3.84. The minimum Gasteiger partial charge on any atom is -0.339 e. The number of nitrogens with zero attached hydrogens (tertiary/aromatic N) is 1. The molecule has 2 rings (SSSR count). The topological polar surface area (TPSA) is 46.3 Å². The maximum absolute atomic E-state index is 12.3. The Bertz CT molecular complexity index is 410. The zero-order valence-corrected chi connectivity index (χ0v) is 12.2. The second-order valence-electron chi connectivity index (χ2n) is 5.10. The van der Waals surface area contributed by atoms with Gasteiger partial charge in [0.15, 0.2) is 0 Å². The summed E-state index contributed by atoms with van der Waals surface area (Å²) in [6.07, 6.45) is 1.59. The van der Waals surface area contributed by atoms with E-state index in [0.717, 1.165) is 31.7 Å². The lowest BCUT2D eigenvalue weighted by molar-refractivity contribution is -0.132. The van der Waals surface area contributed by atoms with Crippen molar-refractivity contribution >= 4 is 17.7 Å². The van der Waals surface area contributed by atoms with Crippen molar-refractivity contribution in [3.8, 4) is 0 Å². The molecule has 1 unspecified atom stereocenters. The van der Waals surface area contributed by atoms with Crippen LogP contribution >= 0.6 is 11.8 Å². The molecule has 0 spiro atoms. The van der Waals surface area contributed by atoms with Gasteiger partial charge in [0.05, 0.1) is 6.04 Å². The molecule has 0 aromatic heterocycles. The van der Waals surface area contributed by atoms with E-state index in [4.69, 9.17) is 5.73 Å². The van der Waals surface area contributed by atoms with E-state index in [1.165, 1.54) is 5.56 Å². The van der Waals surface area contributed by atoms with E-state index < -0.39 is 0 Å². The summed E-state index contributed by atoms with van der Waals surface area (Å²) in [6, 6.07) is 9.84. The standard InChI is InChI=1S/C15H22N2OS/c1-12-11-17(9-10-19-12)15(18)14(16)8-7-13-5-3-2-4-6-13/h2-6,12,14H,7-11,16H2,1H3/t12?,14-/m0/s1. The third-order valence-corrected chi connectivity index (χ3v) is 4.59. The molecule has 19 heavy (non-hydrogen) atoms. The summed E-state index contributed by atoms with van der Waals surface area (Å²) in [5.41, 5.74) is 7.29. The Balaban J connectivity index is 1.82. The zero-order valence-electron chi connectivity index (χ0n) is 11.4. The largest absolute Gasteiger partial charge is 0.339 e. The van der Waals surface area contributed by atoms with Gasteiger partial charge in [-0.15, -0.1) is 0 Å². The second-order valence-corrected chi connectivity index (χ2v) is 6.64. The van der Waals surface area contributed by atoms with Crippen LogP contribution in [-0.2, 0) is 11.2 Å². The van der Waals surface area contributed by atoms with Crippen LogP contribution in [0.15, 0.2) is 30.3 Å². The number of carbonyl (C=O) groups is 1. The number of aryl methyl sites for hydroxylation is 1. The Labute approximate surface area is 119 Å². The van der Waals surface area contributed by atoms with Gasteiger partial charge in [0, 0.05) is 24.1 Å². The summed E-state index contributed by atoms with van der Waals surface area (Å²) in [4.78, 5) is 14.2. The SMILES string of the molecule is CC1CN(C(=O)[C@@H](N)CCc2ccccc2)CCS1. The molecule has 1 amide bonds. The average Bonchev–Trinajstić information content (AvgIpc) is 2.45. The highest BCUT2D eigenvalue weighted by molar-refractivity contribution is 7.99. The highest BCUT2D eigenvalue weighted by Gasteiger charge is 2.25. The summed E-state index contributed by atoms with van der Waals surface area (Å²) >= 11 is 1.93. The van der Waals surface area contributed by atoms with Gasteiger partial charge in [0.1, 0.15) is 0 Å². The van der Waals surface area contributed by atoms with E-state index in [9.17, 15) is 4.79 Å². The van der Waals surface area contributed by atoms with E-state index in [2.05, 4.69) is 19.1 Å². The summed E-state index contributed by atoms with van der Waals surface area (Å²) < 4.78 is 0. The lowest BCUT2D eigenvalue weighted by atomic mass is 10.0. The molecule has 2 N–H and O–H groups in total. The fourth-order valence-corrected chi connectivity index (χ4v) is 3.36. The van der Waals surface area contributed by atoms with Gasteiger partial charge in [-0.25, -0.2) is 0 Å². The van der Waals surface area contributed by atoms with E-state index >= 15 is 0 Å². The minimum absolute atomic E-state index is 0.114. The molecule has 1 fully saturated rings. The van der Waals surface area contributed by atoms with E-state index in [1.807, 2.05) is 34.9 Å². The quantitative estimate of drug-likeness (QED) is 0.915. The Morgan fingerprint density at radius 2 is 2.21 bits per heavy atom. The Hall–Kier alpha value is -1.00. The first kappa shape index (κ1) is 14.4. The summed E-state index contributed by atoms with van der Waals surface area (Å²) in [5, 5.41) is 0.527. The number of nitrogens with two attached hydrogens (primary N) is 1. The molecule has 3 nitrogen and oxygen atoms in total. The number of hydrogen-bond acceptors (Lipinski definition) is 3. The van der Waals surface area contributed by atoms with Gasteiger partial charge in [0.25, 0.3) is 0 Å². The van der Waals surface area contributed by atoms with Crippen molar-refractivity contribution in [3.05, 3.63) is 35.9 Å². The highest BCUT2D eigenvalue weighted by atomic mass is 32.2. The molecule has 0 aliphatic carbocycles. The Morgan fingerprint density at radius 3 is 2.89 bits per heavy atom. The first-order valence-corrected chi connectivity index (χ1v) is 7.91. The number of rotatable bonds is 4. The van der Waals surface area contributed by atoms with Gasteiger partial charge in [-0.3, -0.25) is 4.79 Å². The molecule has 0 bridgehead atoms. The fourth-order valence-electron chi connectivity index (χ4n) is 2.34. The lowest BCUT2D eigenvalue weighted by Crippen LogP contribution is -2.48. The van der Waals surface area contributed by atoms with Crippen molar-refractivity contribution in [1.82, 2.24) is 4.90 Å². The lowest BCUT2D eigenvalue weighted by Gasteiger charge is -2.32. The van der Waals surface area contributed by atoms with Crippen molar-refractivity contribution in [1.29, 1.82) is 0 Å². The third-order valence-electron chi connectivity index (χ3n) is 3.46. The number of hydrogen-bond donors (Lipinski definition) is 1. The number of thioether (sulfide) groups is 1. The van der Waals surface area contributed by atoms with Crippen molar-refractivity contribution in [3.63, 3.8) is 0 Å². The van der Waals surface area contributed by atoms with Gasteiger partial charge >= 0.3 is 0 Å². The Kier molecular flexibility index (Phi) is 5.28. The molecule has 4 heteroatoms. The van der Waals surface area contributed by atoms with E-state index in [-0.39, 0.29) is 11.9 Å². The van der Waals surface area contributed by atoms with Gasteiger partial charge < -0.3 is 10.6 Å². The maximum atomic E-state index is 12.3. The van der Waals surface area contributed by atoms with Crippen LogP contribution in [0.25, 0.3) is 0 Å². The van der Waals surface area contributed by atoms with E-state index in [1.54, 1.807) is 0 Å². The molecule has 1 aromatic rings. The van der Waals surface area contributed by atoms with E-state index in [0.29, 0.717) is 5.25 Å². The molecular weight excluding hydrogens is 256 g/mol. The Morgan fingerprint density at radius 1 is 1.47 bits per heavy atom. The number of benzene rings is 1. The van der Waals surface area contributed by atoms with Crippen LogP contribution in [0.4, 0.5) is 0 Å². The molecule has 1 aliphatic heterocycles. The van der Waals surface area contributed by atoms with Crippen LogP contribution < -0.4 is 5.73 Å². The zero-order chi connectivity index (χ0) is 13.7. The molecule has 1 heterocycles. The molecule has 104 valence electrons. The minimum atomic E-state index is -0.365. The molecule has 0 radical (unpaired) electrons. The molecular formula is C15H22N2OS. The third kappa shape index (κ3) is 4.25. The molecule has 1 aliphatic rings. The maximum Gasteiger partial charge on any atom is 0.239 e. The summed E-state index contributed by atoms with van der Waals surface area (Å²) in [5.74, 6) is 1.14. The predicted octanol–water partition coefficient (Wildman–Crippen LogP) is 1.91. The first-order chi connectivity index (χ1) is 9.16. The highest BCUT2D eigenvalue weighted by Crippen LogP contribution is 2.18. The fraction of sp³-hybridized carbons (Fsp3) is 0.533. The molecule has 1 aromatic carbocycles. The van der Waals surface area contributed by atoms with Crippen LogP contribution in [0.2, 0.25) is 0 Å². The van der Waals surface area contributed by atoms with Crippen molar-refractivity contribution in [2.45, 2.75) is 31.1 Å². The molecule has 2 atom stereocenters. The molecule has 1 saturated heterocycles. The van der Waals surface area contributed by atoms with Crippen LogP contribution in [0.3, 0.4) is 0 Å². The first-order valence-electron chi connectivity index (χ1n) is 6.86. The van der Waals surface area contributed by atoms with Crippen LogP contribution in [0, 0.1) is 0 Å². The van der Waals surface area contributed by atoms with Crippen molar-refractivity contribution < 1.29 is 4.79 Å². The smallest absolute Gasteiger partial charge is 0.239 e. The monoisotopic (exact) mass is 278 g/mol. The van der Waals surface area contributed by atoms with Gasteiger partial charge in [-0.2, -0.15) is 11.8 Å². The van der Waals surface area contributed by atoms with Crippen LogP contribution in [0.1, 0.15) is 18.9 Å². The average molecular weight is 278 g/mol. The number of carbonyl (C=O) groups excluding carboxylic acids is 1. The predicted molar refractivity (Wildman–Crippen MR) is 81.2 cm³/mol. The molecule has 0 saturated carbocycles. The van der Waals surface area contributed by atoms with Crippen molar-refractivity contribution in [2.75, 3.05) is 18.8 Å². The second kappa shape index (κ2) is 6.96. The van der Waals surface area contributed by atoms with Gasteiger partial charge in [-0.05, 0) is 18.4 Å². The van der Waals surface area contributed by atoms with Crippen LogP contribution in [-0.4, -0.2) is 40.9 Å². The van der Waals surface area contributed by atoms with Gasteiger partial charge in [-0.1, -0.05) is 37.3 Å². The number of amides is 1. The van der Waals surface area contributed by atoms with Crippen molar-refractivity contribution in [2.24, 2.45) is 5.73 Å². The normalized spacial score (nSPS) is 21.2. The van der Waals surface area contributed by atoms with Crippen LogP contribution in [0.5, 0.6) is 0 Å². The van der Waals surface area contributed by atoms with Gasteiger partial charge in [0.2, 0.25) is 5.91 Å². The summed E-state index contributed by atoms with van der Waals surface area (Å²) in [7, 11) is 0.